The minimum atomic E-state index is -0.665. The van der Waals surface area contributed by atoms with Crippen LogP contribution in [0.15, 0.2) is 0 Å². The molecular weight excluding hydrogens is 146 g/mol. The largest absolute Gasteiger partial charge is 0.395 e. The number of aliphatic hydroxyl groups is 3. The molecule has 0 amide bonds. The van der Waals surface area contributed by atoms with Crippen LogP contribution in [-0.2, 0) is 0 Å². The fourth-order valence-corrected chi connectivity index (χ4v) is 1.48. The van der Waals surface area contributed by atoms with E-state index < -0.39 is 12.2 Å². The smallest absolute Gasteiger partial charge is 0.0963 e. The van der Waals surface area contributed by atoms with Crippen LogP contribution in [0.5, 0.6) is 0 Å². The molecule has 0 aromatic rings. The summed E-state index contributed by atoms with van der Waals surface area (Å²) in [5.74, 6) is 0. The van der Waals surface area contributed by atoms with Crippen LogP contribution in [-0.4, -0.2) is 58.2 Å². The summed E-state index contributed by atoms with van der Waals surface area (Å²) in [6.07, 6.45) is -1.32. The molecule has 4 nitrogen and oxygen atoms in total. The predicted octanol–water partition coefficient (Wildman–Crippen LogP) is -1.60. The van der Waals surface area contributed by atoms with Crippen LogP contribution in [0.25, 0.3) is 0 Å². The highest BCUT2D eigenvalue weighted by Crippen LogP contribution is 2.16. The Morgan fingerprint density at radius 1 is 1.45 bits per heavy atom. The molecule has 66 valence electrons. The summed E-state index contributed by atoms with van der Waals surface area (Å²) in [6, 6.07) is -0.0443. The number of hydrogen-bond donors (Lipinski definition) is 3. The van der Waals surface area contributed by atoms with E-state index in [9.17, 15) is 10.2 Å². The fourth-order valence-electron chi connectivity index (χ4n) is 1.48. The van der Waals surface area contributed by atoms with Crippen molar-refractivity contribution in [3.63, 3.8) is 0 Å². The molecule has 1 heterocycles. The number of β-amino-alcohol motifs (C(OH)–C–C–N with tert-alkyl or cyclic N) is 2. The van der Waals surface area contributed by atoms with Gasteiger partial charge in [0, 0.05) is 19.1 Å². The molecule has 1 fully saturated rings. The first-order valence-electron chi connectivity index (χ1n) is 3.88. The summed E-state index contributed by atoms with van der Waals surface area (Å²) in [7, 11) is 0. The zero-order valence-corrected chi connectivity index (χ0v) is 6.64. The van der Waals surface area contributed by atoms with Crippen molar-refractivity contribution in [1.82, 2.24) is 4.90 Å². The van der Waals surface area contributed by atoms with E-state index in [0.29, 0.717) is 13.1 Å². The lowest BCUT2D eigenvalue weighted by molar-refractivity contribution is 0.0410. The Balaban J connectivity index is 2.45. The third kappa shape index (κ3) is 1.70. The van der Waals surface area contributed by atoms with Gasteiger partial charge in [0.15, 0.2) is 0 Å². The van der Waals surface area contributed by atoms with Gasteiger partial charge in [-0.15, -0.1) is 0 Å². The molecule has 11 heavy (non-hydrogen) atoms. The van der Waals surface area contributed by atoms with Crippen molar-refractivity contribution in [1.29, 1.82) is 0 Å². The van der Waals surface area contributed by atoms with E-state index in [0.717, 1.165) is 0 Å². The molecular formula is C7H15NO3. The lowest BCUT2D eigenvalue weighted by Crippen LogP contribution is -2.34. The summed E-state index contributed by atoms with van der Waals surface area (Å²) in [5.41, 5.74) is 0. The van der Waals surface area contributed by atoms with Gasteiger partial charge in [0.25, 0.3) is 0 Å². The summed E-state index contributed by atoms with van der Waals surface area (Å²) < 4.78 is 0. The maximum Gasteiger partial charge on any atom is 0.0963 e. The van der Waals surface area contributed by atoms with E-state index in [1.165, 1.54) is 0 Å². The zero-order valence-electron chi connectivity index (χ0n) is 6.64. The highest BCUT2D eigenvalue weighted by molar-refractivity contribution is 4.90. The van der Waals surface area contributed by atoms with Gasteiger partial charge in [-0.1, -0.05) is 0 Å². The van der Waals surface area contributed by atoms with E-state index in [4.69, 9.17) is 5.11 Å². The van der Waals surface area contributed by atoms with E-state index >= 15 is 0 Å². The standard InChI is InChI=1S/C7H15NO3/c1-5-7(11)6(10)4-8(5)2-3-9/h5-7,9-11H,2-4H2,1H3/t5?,6-,7+/m1/s1. The average molecular weight is 161 g/mol. The molecule has 4 heteroatoms. The highest BCUT2D eigenvalue weighted by Gasteiger charge is 2.35. The summed E-state index contributed by atoms with van der Waals surface area (Å²) in [5, 5.41) is 27.1. The lowest BCUT2D eigenvalue weighted by Gasteiger charge is -2.20. The Hall–Kier alpha value is -0.160. The number of nitrogens with zero attached hydrogens (tertiary/aromatic N) is 1. The van der Waals surface area contributed by atoms with Crippen LogP contribution in [0, 0.1) is 0 Å². The topological polar surface area (TPSA) is 63.9 Å². The maximum absolute atomic E-state index is 9.29. The number of hydrogen-bond acceptors (Lipinski definition) is 4. The summed E-state index contributed by atoms with van der Waals surface area (Å²) in [6.45, 7) is 2.90. The van der Waals surface area contributed by atoms with Crippen molar-refractivity contribution in [2.75, 3.05) is 19.7 Å². The Bertz CT molecular complexity index is 131. The molecule has 1 aliphatic rings. The summed E-state index contributed by atoms with van der Waals surface area (Å²) >= 11 is 0. The molecule has 0 aromatic heterocycles. The van der Waals surface area contributed by atoms with Gasteiger partial charge in [-0.3, -0.25) is 4.90 Å². The average Bonchev–Trinajstić information content (AvgIpc) is 2.19. The maximum atomic E-state index is 9.29. The van der Waals surface area contributed by atoms with E-state index in [2.05, 4.69) is 0 Å². The predicted molar refractivity (Wildman–Crippen MR) is 40.1 cm³/mol. The number of likely N-dealkylation sites (tertiary alicyclic amines) is 1. The van der Waals surface area contributed by atoms with Crippen molar-refractivity contribution >= 4 is 0 Å². The molecule has 0 aromatic carbocycles. The normalized spacial score (nSPS) is 39.8. The van der Waals surface area contributed by atoms with E-state index in [1.54, 1.807) is 0 Å². The number of aliphatic hydroxyl groups excluding tert-OH is 3. The highest BCUT2D eigenvalue weighted by atomic mass is 16.3. The first-order chi connectivity index (χ1) is 5.16. The molecule has 0 spiro atoms. The fraction of sp³-hybridized carbons (Fsp3) is 1.00. The number of rotatable bonds is 2. The molecule has 3 N–H and O–H groups in total. The first-order valence-corrected chi connectivity index (χ1v) is 3.88. The third-order valence-corrected chi connectivity index (χ3v) is 2.27. The van der Waals surface area contributed by atoms with Gasteiger partial charge >= 0.3 is 0 Å². The van der Waals surface area contributed by atoms with Crippen LogP contribution in [0.2, 0.25) is 0 Å². The molecule has 0 aliphatic carbocycles. The quantitative estimate of drug-likeness (QED) is 0.456. The van der Waals surface area contributed by atoms with Crippen LogP contribution < -0.4 is 0 Å². The third-order valence-electron chi connectivity index (χ3n) is 2.27. The Morgan fingerprint density at radius 3 is 2.45 bits per heavy atom. The lowest BCUT2D eigenvalue weighted by atomic mass is 10.2. The summed E-state index contributed by atoms with van der Waals surface area (Å²) in [4.78, 5) is 1.87. The molecule has 0 saturated carbocycles. The second-order valence-corrected chi connectivity index (χ2v) is 3.02. The van der Waals surface area contributed by atoms with E-state index in [-0.39, 0.29) is 12.6 Å². The SMILES string of the molecule is CC1[C@H](O)[C@H](O)CN1CCO. The van der Waals surface area contributed by atoms with Gasteiger partial charge < -0.3 is 15.3 Å². The van der Waals surface area contributed by atoms with Gasteiger partial charge in [-0.2, -0.15) is 0 Å². The van der Waals surface area contributed by atoms with Crippen LogP contribution >= 0.6 is 0 Å². The van der Waals surface area contributed by atoms with E-state index in [1.807, 2.05) is 11.8 Å². The van der Waals surface area contributed by atoms with Crippen LogP contribution in [0.1, 0.15) is 6.92 Å². The Kier molecular flexibility index (Phi) is 2.84. The second-order valence-electron chi connectivity index (χ2n) is 3.02. The Morgan fingerprint density at radius 2 is 2.09 bits per heavy atom. The molecule has 0 radical (unpaired) electrons. The van der Waals surface area contributed by atoms with Gasteiger partial charge in [-0.25, -0.2) is 0 Å². The molecule has 1 aliphatic heterocycles. The van der Waals surface area contributed by atoms with Crippen LogP contribution in [0.4, 0.5) is 0 Å². The van der Waals surface area contributed by atoms with Crippen molar-refractivity contribution in [3.05, 3.63) is 0 Å². The zero-order chi connectivity index (χ0) is 8.43. The molecule has 1 saturated heterocycles. The minimum Gasteiger partial charge on any atom is -0.395 e. The monoisotopic (exact) mass is 161 g/mol. The van der Waals surface area contributed by atoms with Gasteiger partial charge in [0.2, 0.25) is 0 Å². The molecule has 0 bridgehead atoms. The Labute approximate surface area is 66.1 Å². The van der Waals surface area contributed by atoms with Crippen molar-refractivity contribution < 1.29 is 15.3 Å². The van der Waals surface area contributed by atoms with Crippen LogP contribution in [0.3, 0.4) is 0 Å². The first kappa shape index (κ1) is 8.93. The van der Waals surface area contributed by atoms with Gasteiger partial charge in [-0.05, 0) is 6.92 Å². The molecule has 1 unspecified atom stereocenters. The van der Waals surface area contributed by atoms with Gasteiger partial charge in [0.1, 0.15) is 0 Å². The molecule has 3 atom stereocenters. The second kappa shape index (κ2) is 3.49. The van der Waals surface area contributed by atoms with Crippen molar-refractivity contribution in [2.24, 2.45) is 0 Å². The minimum absolute atomic E-state index is 0.0443. The van der Waals surface area contributed by atoms with Gasteiger partial charge in [0.05, 0.1) is 18.8 Å². The molecule has 1 rings (SSSR count). The van der Waals surface area contributed by atoms with Crippen molar-refractivity contribution in [2.45, 2.75) is 25.2 Å². The van der Waals surface area contributed by atoms with Crippen molar-refractivity contribution in [3.8, 4) is 0 Å².